The van der Waals surface area contributed by atoms with E-state index in [1.165, 1.54) is 11.1 Å². The molecule has 4 heterocycles. The Morgan fingerprint density at radius 2 is 1.88 bits per heavy atom. The predicted octanol–water partition coefficient (Wildman–Crippen LogP) is 6.22. The van der Waals surface area contributed by atoms with Crippen molar-refractivity contribution in [2.75, 3.05) is 18.0 Å². The number of hydrogen-bond acceptors (Lipinski definition) is 4. The van der Waals surface area contributed by atoms with Crippen molar-refractivity contribution in [2.45, 2.75) is 38.0 Å². The van der Waals surface area contributed by atoms with Crippen LogP contribution in [0.2, 0.25) is 5.02 Å². The van der Waals surface area contributed by atoms with E-state index in [1.54, 1.807) is 6.07 Å². The zero-order valence-corrected chi connectivity index (χ0v) is 21.4. The minimum absolute atomic E-state index is 0.263. The molecule has 0 bridgehead atoms. The molecule has 2 aliphatic heterocycles. The van der Waals surface area contributed by atoms with Crippen LogP contribution in [-0.2, 0) is 5.41 Å². The van der Waals surface area contributed by atoms with E-state index >= 15 is 0 Å². The van der Waals surface area contributed by atoms with Gasteiger partial charge in [-0.15, -0.1) is 0 Å². The van der Waals surface area contributed by atoms with Gasteiger partial charge in [0.1, 0.15) is 11.6 Å². The summed E-state index contributed by atoms with van der Waals surface area (Å²) in [5.41, 5.74) is 3.82. The first-order chi connectivity index (χ1) is 16.3. The minimum atomic E-state index is -0.362. The van der Waals surface area contributed by atoms with Crippen LogP contribution in [0, 0.1) is 0 Å². The smallest absolute Gasteiger partial charge is 0.282 e. The van der Waals surface area contributed by atoms with Gasteiger partial charge in [0.25, 0.3) is 5.56 Å². The fourth-order valence-electron chi connectivity index (χ4n) is 5.54. The third kappa shape index (κ3) is 3.30. The Labute approximate surface area is 211 Å². The quantitative estimate of drug-likeness (QED) is 0.306. The summed E-state index contributed by atoms with van der Waals surface area (Å²) in [5.74, 6) is 2.27. The van der Waals surface area contributed by atoms with Crippen LogP contribution in [0.25, 0.3) is 16.6 Å². The molecule has 5 nitrogen and oxygen atoms in total. The SMILES string of the molecule is CC1(C)c2ccc(C3CCN(c4cc(Br)ccn4)CC3)cc2-n2c1nc(=O)c1c(Cl)cccc12. The summed E-state index contributed by atoms with van der Waals surface area (Å²) in [6.07, 6.45) is 3.98. The standard InChI is InChI=1S/C27H24BrClN4O/c1-27(2)19-7-6-17(16-9-12-32(13-10-16)23-15-18(28)8-11-30-23)14-22(19)33-21-5-3-4-20(29)24(21)25(34)31-26(27)33/h3-8,11,14-16H,9-10,12-13H2,1-2H3. The molecule has 0 radical (unpaired) electrons. The second-order valence-corrected chi connectivity index (χ2v) is 11.0. The first-order valence-electron chi connectivity index (χ1n) is 11.6. The van der Waals surface area contributed by atoms with Crippen molar-refractivity contribution in [3.63, 3.8) is 0 Å². The van der Waals surface area contributed by atoms with Crippen LogP contribution in [0.1, 0.15) is 49.6 Å². The van der Waals surface area contributed by atoms with E-state index < -0.39 is 0 Å². The number of nitrogens with zero attached hydrogens (tertiary/aromatic N) is 4. The second kappa shape index (κ2) is 7.92. The molecule has 172 valence electrons. The van der Waals surface area contributed by atoms with Gasteiger partial charge < -0.3 is 4.90 Å². The summed E-state index contributed by atoms with van der Waals surface area (Å²) < 4.78 is 3.20. The highest BCUT2D eigenvalue weighted by atomic mass is 79.9. The van der Waals surface area contributed by atoms with Crippen molar-refractivity contribution in [1.82, 2.24) is 14.5 Å². The predicted molar refractivity (Wildman–Crippen MR) is 141 cm³/mol. The maximum absolute atomic E-state index is 12.9. The van der Waals surface area contributed by atoms with Gasteiger partial charge in [-0.3, -0.25) is 9.36 Å². The number of piperidine rings is 1. The molecule has 2 aromatic carbocycles. The summed E-state index contributed by atoms with van der Waals surface area (Å²) in [4.78, 5) is 24.3. The van der Waals surface area contributed by atoms with Crippen LogP contribution in [0.15, 0.2) is 64.0 Å². The van der Waals surface area contributed by atoms with Gasteiger partial charge in [-0.25, -0.2) is 4.98 Å². The molecule has 2 aromatic heterocycles. The highest BCUT2D eigenvalue weighted by molar-refractivity contribution is 9.10. The third-order valence-corrected chi connectivity index (χ3v) is 8.17. The number of benzene rings is 2. The lowest BCUT2D eigenvalue weighted by atomic mass is 9.83. The molecule has 7 heteroatoms. The summed E-state index contributed by atoms with van der Waals surface area (Å²) in [6.45, 7) is 6.22. The van der Waals surface area contributed by atoms with Gasteiger partial charge in [-0.05, 0) is 74.1 Å². The minimum Gasteiger partial charge on any atom is -0.357 e. The van der Waals surface area contributed by atoms with E-state index in [0.717, 1.165) is 53.3 Å². The summed E-state index contributed by atoms with van der Waals surface area (Å²) in [6, 6.07) is 16.5. The lowest BCUT2D eigenvalue weighted by Crippen LogP contribution is -2.33. The van der Waals surface area contributed by atoms with Crippen LogP contribution < -0.4 is 10.5 Å². The highest BCUT2D eigenvalue weighted by Gasteiger charge is 2.39. The number of hydrogen-bond donors (Lipinski definition) is 0. The van der Waals surface area contributed by atoms with Gasteiger partial charge in [0.05, 0.1) is 27.0 Å². The molecule has 6 rings (SSSR count). The Morgan fingerprint density at radius 1 is 1.09 bits per heavy atom. The molecule has 4 aromatic rings. The zero-order valence-electron chi connectivity index (χ0n) is 19.1. The number of rotatable bonds is 2. The Kier molecular flexibility index (Phi) is 5.08. The molecule has 1 fully saturated rings. The largest absolute Gasteiger partial charge is 0.357 e. The number of pyridine rings is 1. The first kappa shape index (κ1) is 21.8. The molecule has 0 N–H and O–H groups in total. The van der Waals surface area contributed by atoms with E-state index in [0.29, 0.717) is 16.3 Å². The van der Waals surface area contributed by atoms with Gasteiger partial charge in [0, 0.05) is 23.8 Å². The molecule has 0 spiro atoms. The molecule has 0 amide bonds. The van der Waals surface area contributed by atoms with E-state index in [9.17, 15) is 4.79 Å². The lowest BCUT2D eigenvalue weighted by Gasteiger charge is -2.33. The monoisotopic (exact) mass is 534 g/mol. The summed E-state index contributed by atoms with van der Waals surface area (Å²) in [7, 11) is 0. The molecule has 0 saturated carbocycles. The van der Waals surface area contributed by atoms with E-state index in [4.69, 9.17) is 11.6 Å². The van der Waals surface area contributed by atoms with Gasteiger partial charge in [-0.2, -0.15) is 4.98 Å². The average molecular weight is 536 g/mol. The molecule has 34 heavy (non-hydrogen) atoms. The lowest BCUT2D eigenvalue weighted by molar-refractivity contribution is 0.502. The number of fused-ring (bicyclic) bond motifs is 5. The second-order valence-electron chi connectivity index (χ2n) is 9.71. The third-order valence-electron chi connectivity index (χ3n) is 7.36. The maximum atomic E-state index is 12.9. The molecular weight excluding hydrogens is 512 g/mol. The normalized spacial score (nSPS) is 17.1. The van der Waals surface area contributed by atoms with E-state index in [1.807, 2.05) is 24.4 Å². The van der Waals surface area contributed by atoms with Crippen LogP contribution in [-0.4, -0.2) is 27.6 Å². The molecule has 1 saturated heterocycles. The molecular formula is C27H24BrClN4O. The van der Waals surface area contributed by atoms with Crippen molar-refractivity contribution in [3.8, 4) is 5.69 Å². The van der Waals surface area contributed by atoms with E-state index in [2.05, 4.69) is 73.5 Å². The van der Waals surface area contributed by atoms with Crippen molar-refractivity contribution in [2.24, 2.45) is 0 Å². The fraction of sp³-hybridized carbons (Fsp3) is 0.296. The summed E-state index contributed by atoms with van der Waals surface area (Å²) in [5, 5.41) is 0.929. The zero-order chi connectivity index (χ0) is 23.6. The van der Waals surface area contributed by atoms with Crippen molar-refractivity contribution >= 4 is 44.3 Å². The molecule has 0 atom stereocenters. The van der Waals surface area contributed by atoms with Crippen molar-refractivity contribution in [1.29, 1.82) is 0 Å². The topological polar surface area (TPSA) is 51.0 Å². The number of anilines is 1. The molecule has 0 unspecified atom stereocenters. The van der Waals surface area contributed by atoms with E-state index in [-0.39, 0.29) is 11.0 Å². The van der Waals surface area contributed by atoms with Crippen LogP contribution in [0.5, 0.6) is 0 Å². The van der Waals surface area contributed by atoms with Gasteiger partial charge in [0.2, 0.25) is 0 Å². The molecule has 2 aliphatic rings. The number of aromatic nitrogens is 3. The maximum Gasteiger partial charge on any atom is 0.282 e. The summed E-state index contributed by atoms with van der Waals surface area (Å²) >= 11 is 9.98. The van der Waals surface area contributed by atoms with Gasteiger partial charge in [0.15, 0.2) is 0 Å². The van der Waals surface area contributed by atoms with Crippen LogP contribution in [0.3, 0.4) is 0 Å². The highest BCUT2D eigenvalue weighted by Crippen LogP contribution is 2.44. The van der Waals surface area contributed by atoms with Gasteiger partial charge in [-0.1, -0.05) is 45.7 Å². The first-order valence-corrected chi connectivity index (χ1v) is 12.7. The van der Waals surface area contributed by atoms with Gasteiger partial charge >= 0.3 is 0 Å². The fourth-order valence-corrected chi connectivity index (χ4v) is 6.11. The average Bonchev–Trinajstić information content (AvgIpc) is 3.05. The Bertz CT molecular complexity index is 1500. The molecule has 0 aliphatic carbocycles. The number of halogens is 2. The van der Waals surface area contributed by atoms with Crippen molar-refractivity contribution in [3.05, 3.63) is 91.5 Å². The Balaban J connectivity index is 1.39. The van der Waals surface area contributed by atoms with Crippen LogP contribution in [0.4, 0.5) is 5.82 Å². The Morgan fingerprint density at radius 3 is 2.65 bits per heavy atom. The Hall–Kier alpha value is -2.70. The van der Waals surface area contributed by atoms with Crippen molar-refractivity contribution < 1.29 is 0 Å². The van der Waals surface area contributed by atoms with Crippen LogP contribution >= 0.6 is 27.5 Å².